The maximum atomic E-state index is 13.0. The van der Waals surface area contributed by atoms with E-state index in [4.69, 9.17) is 18.9 Å². The average molecular weight is 571 g/mol. The van der Waals surface area contributed by atoms with Crippen LogP contribution in [0.15, 0.2) is 102 Å². The SMILES string of the molecule is C=CC(=O)OCCOc1ccc(SC(=O)c2ccc3c(ccc4cc(OCCCOC(=O)C(=C)C)ccc43)c2)cc1. The summed E-state index contributed by atoms with van der Waals surface area (Å²) in [6.07, 6.45) is 1.68. The van der Waals surface area contributed by atoms with Gasteiger partial charge in [0.2, 0.25) is 5.12 Å². The Balaban J connectivity index is 1.34. The number of carbonyl (C=O) groups is 3. The number of carbonyl (C=O) groups excluding carboxylic acids is 3. The van der Waals surface area contributed by atoms with Gasteiger partial charge in [0.15, 0.2) is 0 Å². The van der Waals surface area contributed by atoms with Gasteiger partial charge in [-0.15, -0.1) is 0 Å². The normalized spacial score (nSPS) is 10.7. The molecule has 4 aromatic rings. The number of thioether (sulfide) groups is 1. The molecule has 0 bridgehead atoms. The van der Waals surface area contributed by atoms with Crippen molar-refractivity contribution in [1.82, 2.24) is 0 Å². The minimum atomic E-state index is -0.492. The second-order valence-corrected chi connectivity index (χ2v) is 10.1. The van der Waals surface area contributed by atoms with Crippen LogP contribution in [-0.2, 0) is 19.1 Å². The Morgan fingerprint density at radius 1 is 0.756 bits per heavy atom. The fraction of sp³-hybridized carbons (Fsp3) is 0.182. The largest absolute Gasteiger partial charge is 0.493 e. The monoisotopic (exact) mass is 570 g/mol. The van der Waals surface area contributed by atoms with Crippen LogP contribution >= 0.6 is 11.8 Å². The molecule has 0 heterocycles. The Morgan fingerprint density at radius 3 is 2.12 bits per heavy atom. The van der Waals surface area contributed by atoms with Gasteiger partial charge in [-0.3, -0.25) is 4.79 Å². The molecule has 0 radical (unpaired) electrons. The fourth-order valence-corrected chi connectivity index (χ4v) is 4.66. The van der Waals surface area contributed by atoms with E-state index in [1.54, 1.807) is 19.1 Å². The van der Waals surface area contributed by atoms with Crippen LogP contribution in [0.5, 0.6) is 11.5 Å². The molecule has 7 nitrogen and oxygen atoms in total. The number of ether oxygens (including phenoxy) is 4. The molecule has 0 aliphatic heterocycles. The third-order valence-electron chi connectivity index (χ3n) is 5.98. The molecule has 8 heteroatoms. The molecule has 0 N–H and O–H groups in total. The molecule has 0 saturated heterocycles. The Morgan fingerprint density at radius 2 is 1.41 bits per heavy atom. The fourth-order valence-electron chi connectivity index (χ4n) is 3.93. The van der Waals surface area contributed by atoms with Crippen LogP contribution in [0.25, 0.3) is 21.5 Å². The molecule has 0 atom stereocenters. The standard InChI is InChI=1S/C33H30O7S/c1-4-31(34)39-19-18-38-26-9-12-28(13-10-26)41-33(36)25-8-14-29-23(20-25)6-7-24-21-27(11-15-30(24)29)37-16-5-17-40-32(35)22(2)3/h4,6-15,20-21H,1-2,5,16-19H2,3H3. The van der Waals surface area contributed by atoms with Crippen LogP contribution in [0.4, 0.5) is 0 Å². The van der Waals surface area contributed by atoms with Crippen molar-refractivity contribution in [2.45, 2.75) is 18.2 Å². The number of hydrogen-bond donors (Lipinski definition) is 0. The molecule has 4 rings (SSSR count). The zero-order chi connectivity index (χ0) is 29.2. The first-order valence-electron chi connectivity index (χ1n) is 13.0. The molecule has 0 amide bonds. The summed E-state index contributed by atoms with van der Waals surface area (Å²) < 4.78 is 21.3. The van der Waals surface area contributed by atoms with Gasteiger partial charge in [0, 0.05) is 28.5 Å². The van der Waals surface area contributed by atoms with E-state index in [-0.39, 0.29) is 24.9 Å². The minimum absolute atomic E-state index is 0.0605. The first-order valence-corrected chi connectivity index (χ1v) is 13.8. The summed E-state index contributed by atoms with van der Waals surface area (Å²) in [4.78, 5) is 36.3. The van der Waals surface area contributed by atoms with Crippen LogP contribution in [-0.4, -0.2) is 43.5 Å². The summed E-state index contributed by atoms with van der Waals surface area (Å²) in [5.74, 6) is 0.466. The summed E-state index contributed by atoms with van der Waals surface area (Å²) in [5.41, 5.74) is 0.988. The van der Waals surface area contributed by atoms with Crippen molar-refractivity contribution in [3.8, 4) is 11.5 Å². The van der Waals surface area contributed by atoms with Crippen molar-refractivity contribution in [2.24, 2.45) is 0 Å². The van der Waals surface area contributed by atoms with Crippen LogP contribution < -0.4 is 9.47 Å². The molecule has 0 spiro atoms. The first kappa shape index (κ1) is 29.4. The zero-order valence-electron chi connectivity index (χ0n) is 22.7. The second-order valence-electron chi connectivity index (χ2n) is 9.08. The van der Waals surface area contributed by atoms with Crippen molar-refractivity contribution >= 4 is 50.4 Å². The van der Waals surface area contributed by atoms with E-state index < -0.39 is 11.9 Å². The summed E-state index contributed by atoms with van der Waals surface area (Å²) in [6, 6.07) is 22.8. The number of hydrogen-bond acceptors (Lipinski definition) is 8. The molecule has 4 aromatic carbocycles. The van der Waals surface area contributed by atoms with E-state index in [1.165, 1.54) is 0 Å². The lowest BCUT2D eigenvalue weighted by Gasteiger charge is -2.10. The van der Waals surface area contributed by atoms with E-state index in [9.17, 15) is 14.4 Å². The second kappa shape index (κ2) is 14.2. The molecule has 0 fully saturated rings. The quantitative estimate of drug-likeness (QED) is 0.0563. The zero-order valence-corrected chi connectivity index (χ0v) is 23.5. The topological polar surface area (TPSA) is 88.1 Å². The average Bonchev–Trinajstić information content (AvgIpc) is 2.99. The highest BCUT2D eigenvalue weighted by Crippen LogP contribution is 2.31. The first-order chi connectivity index (χ1) is 19.8. The number of esters is 2. The van der Waals surface area contributed by atoms with Gasteiger partial charge in [-0.25, -0.2) is 9.59 Å². The Hall–Kier alpha value is -4.56. The van der Waals surface area contributed by atoms with Crippen LogP contribution in [0, 0.1) is 0 Å². The smallest absolute Gasteiger partial charge is 0.333 e. The highest BCUT2D eigenvalue weighted by Gasteiger charge is 2.11. The van der Waals surface area contributed by atoms with E-state index >= 15 is 0 Å². The Labute approximate surface area is 242 Å². The van der Waals surface area contributed by atoms with Crippen molar-refractivity contribution < 1.29 is 33.3 Å². The van der Waals surface area contributed by atoms with E-state index in [0.717, 1.165) is 50.0 Å². The molecular formula is C33H30O7S. The van der Waals surface area contributed by atoms with Gasteiger partial charge in [-0.2, -0.15) is 0 Å². The third-order valence-corrected chi connectivity index (χ3v) is 6.91. The van der Waals surface area contributed by atoms with Crippen LogP contribution in [0.3, 0.4) is 0 Å². The Bertz CT molecular complexity index is 1590. The van der Waals surface area contributed by atoms with E-state index in [0.29, 0.717) is 29.9 Å². The summed E-state index contributed by atoms with van der Waals surface area (Å²) in [6.45, 7) is 9.57. The number of rotatable bonds is 13. The molecular weight excluding hydrogens is 540 g/mol. The van der Waals surface area contributed by atoms with Gasteiger partial charge in [0.1, 0.15) is 24.7 Å². The predicted molar refractivity (Wildman–Crippen MR) is 161 cm³/mol. The molecule has 210 valence electrons. The lowest BCUT2D eigenvalue weighted by Crippen LogP contribution is -2.10. The van der Waals surface area contributed by atoms with Crippen molar-refractivity contribution in [1.29, 1.82) is 0 Å². The lowest BCUT2D eigenvalue weighted by molar-refractivity contribution is -0.139. The maximum Gasteiger partial charge on any atom is 0.333 e. The predicted octanol–water partition coefficient (Wildman–Crippen LogP) is 6.92. The summed E-state index contributed by atoms with van der Waals surface area (Å²) in [5, 5.41) is 4.04. The van der Waals surface area contributed by atoms with Gasteiger partial charge < -0.3 is 18.9 Å². The molecule has 0 aromatic heterocycles. The van der Waals surface area contributed by atoms with Crippen molar-refractivity contribution in [3.05, 3.63) is 103 Å². The maximum absolute atomic E-state index is 13.0. The third kappa shape index (κ3) is 8.22. The number of fused-ring (bicyclic) bond motifs is 3. The van der Waals surface area contributed by atoms with Crippen LogP contribution in [0.1, 0.15) is 23.7 Å². The molecule has 0 unspecified atom stereocenters. The van der Waals surface area contributed by atoms with Gasteiger partial charge in [0.25, 0.3) is 0 Å². The molecule has 0 aliphatic carbocycles. The van der Waals surface area contributed by atoms with Gasteiger partial charge >= 0.3 is 11.9 Å². The number of benzene rings is 4. The van der Waals surface area contributed by atoms with E-state index in [2.05, 4.69) is 13.2 Å². The van der Waals surface area contributed by atoms with Gasteiger partial charge in [-0.05, 0) is 88.8 Å². The van der Waals surface area contributed by atoms with Crippen molar-refractivity contribution in [2.75, 3.05) is 26.4 Å². The highest BCUT2D eigenvalue weighted by molar-refractivity contribution is 8.14. The molecule has 0 saturated carbocycles. The van der Waals surface area contributed by atoms with Gasteiger partial charge in [-0.1, -0.05) is 37.4 Å². The highest BCUT2D eigenvalue weighted by atomic mass is 32.2. The molecule has 0 aliphatic rings. The summed E-state index contributed by atoms with van der Waals surface area (Å²) >= 11 is 1.15. The van der Waals surface area contributed by atoms with E-state index in [1.807, 2.05) is 60.7 Å². The van der Waals surface area contributed by atoms with Crippen molar-refractivity contribution in [3.63, 3.8) is 0 Å². The molecule has 41 heavy (non-hydrogen) atoms. The summed E-state index contributed by atoms with van der Waals surface area (Å²) in [7, 11) is 0. The van der Waals surface area contributed by atoms with Gasteiger partial charge in [0.05, 0.1) is 13.2 Å². The lowest BCUT2D eigenvalue weighted by atomic mass is 10.0. The Kier molecular flexibility index (Phi) is 10.2. The minimum Gasteiger partial charge on any atom is -0.493 e. The van der Waals surface area contributed by atoms with Crippen LogP contribution in [0.2, 0.25) is 0 Å².